The third kappa shape index (κ3) is 12.1. The Morgan fingerprint density at radius 1 is 1.10 bits per heavy atom. The first kappa shape index (κ1) is 27.4. The lowest BCUT2D eigenvalue weighted by Crippen LogP contribution is -2.50. The second-order valence-electron chi connectivity index (χ2n) is 8.64. The first-order valence-corrected chi connectivity index (χ1v) is 12.3. The molecule has 0 aliphatic carbocycles. The molecular weight excluding hydrogens is 418 g/mol. The molecule has 0 aromatic heterocycles. The number of carboxylic acid groups (broad SMARTS) is 1. The lowest BCUT2D eigenvalue weighted by molar-refractivity contribution is -0.137. The number of rotatable bonds is 8. The summed E-state index contributed by atoms with van der Waals surface area (Å²) in [5.74, 6) is -2.12. The van der Waals surface area contributed by atoms with E-state index in [4.69, 9.17) is 0 Å². The van der Waals surface area contributed by atoms with Crippen LogP contribution in [0.15, 0.2) is 0 Å². The standard InChI is InChI=1S/C22H39N3O5S/c1-15(2)13-17(19(14-20(27)28)31-16(3)26)21(29)25-18-9-5-8-11-23-10-6-4-7-12-24-22(18)30/h15,17-19,23H,4-14H2,1-3H3,(H,24,30)(H,25,29)(H,27,28). The minimum atomic E-state index is -1.05. The molecule has 1 saturated heterocycles. The molecule has 1 aliphatic heterocycles. The third-order valence-corrected chi connectivity index (χ3v) is 6.39. The summed E-state index contributed by atoms with van der Waals surface area (Å²) in [6.45, 7) is 7.71. The van der Waals surface area contributed by atoms with Gasteiger partial charge in [-0.15, -0.1) is 0 Å². The molecule has 0 radical (unpaired) electrons. The van der Waals surface area contributed by atoms with Crippen molar-refractivity contribution in [3.05, 3.63) is 0 Å². The molecule has 1 fully saturated rings. The van der Waals surface area contributed by atoms with Crippen LogP contribution in [0.2, 0.25) is 0 Å². The minimum Gasteiger partial charge on any atom is -0.481 e. The van der Waals surface area contributed by atoms with Gasteiger partial charge in [0, 0.05) is 18.7 Å². The van der Waals surface area contributed by atoms with Crippen LogP contribution in [-0.2, 0) is 19.2 Å². The first-order valence-electron chi connectivity index (χ1n) is 11.4. The summed E-state index contributed by atoms with van der Waals surface area (Å²) in [6.07, 6.45) is 5.39. The Morgan fingerprint density at radius 3 is 2.35 bits per heavy atom. The molecule has 178 valence electrons. The highest BCUT2D eigenvalue weighted by molar-refractivity contribution is 8.14. The molecule has 1 rings (SSSR count). The van der Waals surface area contributed by atoms with Crippen molar-refractivity contribution in [3.63, 3.8) is 0 Å². The van der Waals surface area contributed by atoms with Crippen LogP contribution in [0.4, 0.5) is 0 Å². The molecule has 0 saturated carbocycles. The third-order valence-electron chi connectivity index (χ3n) is 5.26. The number of hydrogen-bond donors (Lipinski definition) is 4. The van der Waals surface area contributed by atoms with E-state index >= 15 is 0 Å². The Kier molecular flexibility index (Phi) is 13.5. The van der Waals surface area contributed by atoms with Crippen molar-refractivity contribution in [3.8, 4) is 0 Å². The highest BCUT2D eigenvalue weighted by Gasteiger charge is 2.34. The van der Waals surface area contributed by atoms with Crippen LogP contribution in [0.1, 0.15) is 72.1 Å². The fourth-order valence-electron chi connectivity index (χ4n) is 3.74. The fraction of sp³-hybridized carbons (Fsp3) is 0.818. The van der Waals surface area contributed by atoms with Crippen molar-refractivity contribution >= 4 is 34.7 Å². The lowest BCUT2D eigenvalue weighted by Gasteiger charge is -2.28. The second kappa shape index (κ2) is 15.2. The summed E-state index contributed by atoms with van der Waals surface area (Å²) in [5, 5.41) is 17.6. The summed E-state index contributed by atoms with van der Waals surface area (Å²) in [4.78, 5) is 49.0. The second-order valence-corrected chi connectivity index (χ2v) is 10.1. The highest BCUT2D eigenvalue weighted by Crippen LogP contribution is 2.29. The SMILES string of the molecule is CC(=O)SC(CC(=O)O)C(CC(C)C)C(=O)NC1CCCCNCCCCCNC1=O. The van der Waals surface area contributed by atoms with Gasteiger partial charge in [-0.05, 0) is 57.5 Å². The van der Waals surface area contributed by atoms with Crippen LogP contribution in [0, 0.1) is 11.8 Å². The van der Waals surface area contributed by atoms with Crippen LogP contribution in [0.3, 0.4) is 0 Å². The normalized spacial score (nSPS) is 21.0. The predicted octanol–water partition coefficient (Wildman–Crippen LogP) is 2.32. The van der Waals surface area contributed by atoms with E-state index in [2.05, 4.69) is 16.0 Å². The van der Waals surface area contributed by atoms with E-state index in [1.54, 1.807) is 0 Å². The summed E-state index contributed by atoms with van der Waals surface area (Å²) >= 11 is 0.901. The average Bonchev–Trinajstić information content (AvgIpc) is 2.68. The number of nitrogens with one attached hydrogen (secondary N) is 3. The average molecular weight is 458 g/mol. The van der Waals surface area contributed by atoms with E-state index in [-0.39, 0.29) is 29.3 Å². The molecule has 0 bridgehead atoms. The Morgan fingerprint density at radius 2 is 1.74 bits per heavy atom. The number of carboxylic acids is 1. The predicted molar refractivity (Wildman–Crippen MR) is 123 cm³/mol. The Bertz CT molecular complexity index is 584. The molecule has 2 amide bonds. The summed E-state index contributed by atoms with van der Waals surface area (Å²) in [5.41, 5.74) is 0. The van der Waals surface area contributed by atoms with Gasteiger partial charge >= 0.3 is 5.97 Å². The van der Waals surface area contributed by atoms with E-state index in [0.717, 1.165) is 57.0 Å². The smallest absolute Gasteiger partial charge is 0.304 e. The van der Waals surface area contributed by atoms with Gasteiger partial charge < -0.3 is 21.1 Å². The Balaban J connectivity index is 2.94. The number of carbonyl (C=O) groups is 4. The van der Waals surface area contributed by atoms with E-state index in [0.29, 0.717) is 19.4 Å². The largest absolute Gasteiger partial charge is 0.481 e. The molecule has 3 atom stereocenters. The molecular formula is C22H39N3O5S. The lowest BCUT2D eigenvalue weighted by atomic mass is 9.91. The van der Waals surface area contributed by atoms with Crippen molar-refractivity contribution < 1.29 is 24.3 Å². The Hall–Kier alpha value is -1.61. The van der Waals surface area contributed by atoms with E-state index < -0.39 is 23.2 Å². The Labute approximate surface area is 190 Å². The van der Waals surface area contributed by atoms with Gasteiger partial charge in [0.25, 0.3) is 0 Å². The fourth-order valence-corrected chi connectivity index (χ4v) is 4.80. The molecule has 0 aromatic rings. The van der Waals surface area contributed by atoms with Crippen LogP contribution >= 0.6 is 11.8 Å². The summed E-state index contributed by atoms with van der Waals surface area (Å²) < 4.78 is 0. The maximum atomic E-state index is 13.2. The van der Waals surface area contributed by atoms with Gasteiger partial charge in [-0.1, -0.05) is 32.0 Å². The topological polar surface area (TPSA) is 125 Å². The zero-order valence-electron chi connectivity index (χ0n) is 19.1. The summed E-state index contributed by atoms with van der Waals surface area (Å²) in [7, 11) is 0. The number of thioether (sulfide) groups is 1. The van der Waals surface area contributed by atoms with Crippen LogP contribution in [0.25, 0.3) is 0 Å². The first-order chi connectivity index (χ1) is 14.7. The van der Waals surface area contributed by atoms with Crippen molar-refractivity contribution in [1.82, 2.24) is 16.0 Å². The zero-order chi connectivity index (χ0) is 23.2. The van der Waals surface area contributed by atoms with Crippen LogP contribution in [-0.4, -0.2) is 58.9 Å². The van der Waals surface area contributed by atoms with Gasteiger partial charge in [-0.2, -0.15) is 0 Å². The number of amides is 2. The quantitative estimate of drug-likeness (QED) is 0.441. The molecule has 0 spiro atoms. The summed E-state index contributed by atoms with van der Waals surface area (Å²) in [6, 6.07) is -0.657. The zero-order valence-corrected chi connectivity index (χ0v) is 19.9. The molecule has 4 N–H and O–H groups in total. The molecule has 1 aliphatic rings. The number of carbonyl (C=O) groups excluding carboxylic acids is 3. The van der Waals surface area contributed by atoms with Gasteiger partial charge in [0.15, 0.2) is 5.12 Å². The van der Waals surface area contributed by atoms with E-state index in [1.807, 2.05) is 13.8 Å². The highest BCUT2D eigenvalue weighted by atomic mass is 32.2. The minimum absolute atomic E-state index is 0.138. The van der Waals surface area contributed by atoms with Crippen LogP contribution < -0.4 is 16.0 Å². The van der Waals surface area contributed by atoms with Gasteiger partial charge in [0.1, 0.15) is 6.04 Å². The molecule has 9 heteroatoms. The molecule has 0 aromatic carbocycles. The molecule has 1 heterocycles. The maximum Gasteiger partial charge on any atom is 0.304 e. The number of hydrogen-bond acceptors (Lipinski definition) is 6. The van der Waals surface area contributed by atoms with Crippen molar-refractivity contribution in [2.75, 3.05) is 19.6 Å². The van der Waals surface area contributed by atoms with Gasteiger partial charge in [-0.25, -0.2) is 0 Å². The molecule has 3 unspecified atom stereocenters. The number of aliphatic carboxylic acids is 1. The van der Waals surface area contributed by atoms with E-state index in [1.165, 1.54) is 6.92 Å². The van der Waals surface area contributed by atoms with E-state index in [9.17, 15) is 24.3 Å². The van der Waals surface area contributed by atoms with Gasteiger partial charge in [0.05, 0.1) is 12.3 Å². The van der Waals surface area contributed by atoms with Crippen LogP contribution in [0.5, 0.6) is 0 Å². The van der Waals surface area contributed by atoms with Gasteiger partial charge in [0.2, 0.25) is 11.8 Å². The van der Waals surface area contributed by atoms with Gasteiger partial charge in [-0.3, -0.25) is 19.2 Å². The van der Waals surface area contributed by atoms with Crippen molar-refractivity contribution in [1.29, 1.82) is 0 Å². The van der Waals surface area contributed by atoms with Crippen molar-refractivity contribution in [2.45, 2.75) is 83.4 Å². The maximum absolute atomic E-state index is 13.2. The molecule has 8 nitrogen and oxygen atoms in total. The monoisotopic (exact) mass is 457 g/mol. The molecule has 31 heavy (non-hydrogen) atoms. The van der Waals surface area contributed by atoms with Crippen molar-refractivity contribution in [2.24, 2.45) is 11.8 Å².